The van der Waals surface area contributed by atoms with Crippen molar-refractivity contribution in [2.45, 2.75) is 31.3 Å². The van der Waals surface area contributed by atoms with Crippen LogP contribution in [0.3, 0.4) is 0 Å². The van der Waals surface area contributed by atoms with Crippen molar-refractivity contribution >= 4 is 30.0 Å². The van der Waals surface area contributed by atoms with Gasteiger partial charge in [0.1, 0.15) is 22.9 Å². The number of nitrogens with zero attached hydrogens (tertiary/aromatic N) is 5. The molecule has 1 saturated carbocycles. The zero-order valence-electron chi connectivity index (χ0n) is 18.7. The van der Waals surface area contributed by atoms with E-state index in [-0.39, 0.29) is 30.3 Å². The molecule has 9 nitrogen and oxygen atoms in total. The molecule has 1 amide bonds. The molecule has 1 aromatic carbocycles. The van der Waals surface area contributed by atoms with Gasteiger partial charge >= 0.3 is 12.1 Å². The quantitative estimate of drug-likeness (QED) is 0.554. The average Bonchev–Trinajstić information content (AvgIpc) is 3.44. The Morgan fingerprint density at radius 3 is 2.65 bits per heavy atom. The van der Waals surface area contributed by atoms with Gasteiger partial charge in [0.15, 0.2) is 0 Å². The van der Waals surface area contributed by atoms with E-state index in [0.29, 0.717) is 29.7 Å². The Hall–Kier alpha value is -3.40. The van der Waals surface area contributed by atoms with E-state index in [1.807, 2.05) is 6.07 Å². The van der Waals surface area contributed by atoms with Gasteiger partial charge in [0, 0.05) is 18.8 Å². The first-order valence-electron chi connectivity index (χ1n) is 11.0. The fraction of sp³-hybridized carbons (Fsp3) is 0.391. The third kappa shape index (κ3) is 4.77. The molecule has 1 aliphatic heterocycles. The second kappa shape index (κ2) is 9.84. The number of aromatic nitrogens is 4. The first-order valence-corrected chi connectivity index (χ1v) is 11.0. The van der Waals surface area contributed by atoms with Gasteiger partial charge in [-0.25, -0.2) is 23.8 Å². The maximum atomic E-state index is 14.0. The molecule has 0 unspecified atom stereocenters. The SMILES string of the molecule is COc1ncc(N2CC3(CCC(CNc4ccn(-c5ccccc5F)n4)CC3)OC2=O)cn1.Cl. The number of carbonyl (C=O) groups is 1. The van der Waals surface area contributed by atoms with Gasteiger partial charge in [-0.15, -0.1) is 12.4 Å². The maximum absolute atomic E-state index is 14.0. The molecule has 5 rings (SSSR count). The predicted molar refractivity (Wildman–Crippen MR) is 126 cm³/mol. The summed E-state index contributed by atoms with van der Waals surface area (Å²) in [4.78, 5) is 22.3. The van der Waals surface area contributed by atoms with Gasteiger partial charge in [-0.2, -0.15) is 5.10 Å². The summed E-state index contributed by atoms with van der Waals surface area (Å²) in [5.41, 5.74) is 0.548. The van der Waals surface area contributed by atoms with Crippen LogP contribution in [0.5, 0.6) is 6.01 Å². The highest BCUT2D eigenvalue weighted by atomic mass is 35.5. The number of amides is 1. The number of benzene rings is 1. The number of methoxy groups -OCH3 is 1. The number of hydrogen-bond acceptors (Lipinski definition) is 7. The molecule has 1 saturated heterocycles. The molecular formula is C23H26ClFN6O3. The van der Waals surface area contributed by atoms with Gasteiger partial charge in [0.25, 0.3) is 0 Å². The van der Waals surface area contributed by atoms with E-state index < -0.39 is 5.60 Å². The Morgan fingerprint density at radius 1 is 1.21 bits per heavy atom. The normalized spacial score (nSPS) is 21.8. The first kappa shape index (κ1) is 23.7. The minimum atomic E-state index is -0.472. The fourth-order valence-corrected chi connectivity index (χ4v) is 4.48. The molecule has 2 fully saturated rings. The molecule has 3 heterocycles. The highest BCUT2D eigenvalue weighted by Crippen LogP contribution is 2.40. The number of rotatable bonds is 6. The number of halogens is 2. The van der Waals surface area contributed by atoms with E-state index in [2.05, 4.69) is 20.4 Å². The summed E-state index contributed by atoms with van der Waals surface area (Å²) in [7, 11) is 1.50. The van der Waals surface area contributed by atoms with E-state index in [1.54, 1.807) is 41.7 Å². The molecule has 3 aromatic rings. The molecule has 0 bridgehead atoms. The third-order valence-corrected chi connectivity index (χ3v) is 6.36. The van der Waals surface area contributed by atoms with Crippen molar-refractivity contribution in [1.82, 2.24) is 19.7 Å². The van der Waals surface area contributed by atoms with Crippen molar-refractivity contribution in [3.8, 4) is 11.7 Å². The minimum Gasteiger partial charge on any atom is -0.467 e. The number of carbonyl (C=O) groups excluding carboxylic acids is 1. The number of ether oxygens (including phenoxy) is 2. The molecule has 1 spiro atoms. The van der Waals surface area contributed by atoms with Gasteiger partial charge < -0.3 is 14.8 Å². The summed E-state index contributed by atoms with van der Waals surface area (Å²) < 4.78 is 26.3. The smallest absolute Gasteiger partial charge is 0.415 e. The van der Waals surface area contributed by atoms with Gasteiger partial charge in [-0.3, -0.25) is 4.90 Å². The van der Waals surface area contributed by atoms with Crippen LogP contribution in [-0.4, -0.2) is 51.6 Å². The van der Waals surface area contributed by atoms with Crippen molar-refractivity contribution < 1.29 is 18.7 Å². The van der Waals surface area contributed by atoms with Crippen LogP contribution in [0.25, 0.3) is 5.69 Å². The molecule has 0 atom stereocenters. The van der Waals surface area contributed by atoms with Crippen LogP contribution in [0.4, 0.5) is 20.7 Å². The first-order chi connectivity index (χ1) is 16.0. The zero-order chi connectivity index (χ0) is 22.8. The lowest BCUT2D eigenvalue weighted by molar-refractivity contribution is 0.0148. The second-order valence-corrected chi connectivity index (χ2v) is 8.49. The zero-order valence-corrected chi connectivity index (χ0v) is 19.5. The lowest BCUT2D eigenvalue weighted by Gasteiger charge is -2.35. The Kier molecular flexibility index (Phi) is 6.87. The summed E-state index contributed by atoms with van der Waals surface area (Å²) in [6.45, 7) is 1.25. The largest absolute Gasteiger partial charge is 0.467 e. The van der Waals surface area contributed by atoms with E-state index in [9.17, 15) is 9.18 Å². The Morgan fingerprint density at radius 2 is 1.94 bits per heavy atom. The van der Waals surface area contributed by atoms with E-state index in [0.717, 1.165) is 32.2 Å². The molecule has 0 radical (unpaired) electrons. The average molecular weight is 489 g/mol. The Balaban J connectivity index is 0.00000274. The topological polar surface area (TPSA) is 94.4 Å². The lowest BCUT2D eigenvalue weighted by atomic mass is 9.78. The van der Waals surface area contributed by atoms with Crippen LogP contribution in [0.15, 0.2) is 48.9 Å². The maximum Gasteiger partial charge on any atom is 0.415 e. The van der Waals surface area contributed by atoms with Gasteiger partial charge in [0.05, 0.1) is 31.7 Å². The number of nitrogens with one attached hydrogen (secondary N) is 1. The fourth-order valence-electron chi connectivity index (χ4n) is 4.48. The lowest BCUT2D eigenvalue weighted by Crippen LogP contribution is -2.39. The van der Waals surface area contributed by atoms with Crippen LogP contribution < -0.4 is 15.0 Å². The van der Waals surface area contributed by atoms with E-state index in [4.69, 9.17) is 9.47 Å². The molecule has 2 aliphatic rings. The summed E-state index contributed by atoms with van der Waals surface area (Å²) >= 11 is 0. The van der Waals surface area contributed by atoms with Gasteiger partial charge in [-0.1, -0.05) is 12.1 Å². The standard InChI is InChI=1S/C23H25FN6O3.ClH/c1-32-21-26-13-17(14-27-21)29-15-23(33-22(29)31)9-6-16(7-10-23)12-25-20-8-11-30(28-20)19-5-3-2-4-18(19)24;/h2-5,8,11,13-14,16H,6-7,9-10,12,15H2,1H3,(H,25,28);1H. The minimum absolute atomic E-state index is 0. The van der Waals surface area contributed by atoms with Crippen LogP contribution in [0, 0.1) is 11.7 Å². The highest BCUT2D eigenvalue weighted by Gasteiger charge is 2.47. The number of hydrogen-bond donors (Lipinski definition) is 1. The Bertz CT molecular complexity index is 1130. The molecule has 1 N–H and O–H groups in total. The van der Waals surface area contributed by atoms with Crippen molar-refractivity contribution in [2.24, 2.45) is 5.92 Å². The van der Waals surface area contributed by atoms with Crippen LogP contribution in [0.1, 0.15) is 25.7 Å². The summed E-state index contributed by atoms with van der Waals surface area (Å²) in [5, 5.41) is 7.79. The van der Waals surface area contributed by atoms with Crippen LogP contribution >= 0.6 is 12.4 Å². The molecule has 180 valence electrons. The van der Waals surface area contributed by atoms with Crippen molar-refractivity contribution in [2.75, 3.05) is 30.4 Å². The summed E-state index contributed by atoms with van der Waals surface area (Å²) in [5.74, 6) is 0.828. The molecule has 1 aliphatic carbocycles. The second-order valence-electron chi connectivity index (χ2n) is 8.49. The summed E-state index contributed by atoms with van der Waals surface area (Å²) in [6, 6.07) is 8.64. The summed E-state index contributed by atoms with van der Waals surface area (Å²) in [6.07, 6.45) is 7.97. The van der Waals surface area contributed by atoms with Crippen LogP contribution in [0.2, 0.25) is 0 Å². The highest BCUT2D eigenvalue weighted by molar-refractivity contribution is 5.89. The van der Waals surface area contributed by atoms with Crippen molar-refractivity contribution in [1.29, 1.82) is 0 Å². The Labute approximate surface area is 202 Å². The number of anilines is 2. The molecular weight excluding hydrogens is 463 g/mol. The van der Waals surface area contributed by atoms with Crippen molar-refractivity contribution in [3.05, 3.63) is 54.7 Å². The molecule has 34 heavy (non-hydrogen) atoms. The molecule has 2 aromatic heterocycles. The number of para-hydroxylation sites is 1. The van der Waals surface area contributed by atoms with E-state index in [1.165, 1.54) is 17.9 Å². The third-order valence-electron chi connectivity index (χ3n) is 6.36. The van der Waals surface area contributed by atoms with Crippen LogP contribution in [-0.2, 0) is 4.74 Å². The van der Waals surface area contributed by atoms with Crippen molar-refractivity contribution in [3.63, 3.8) is 0 Å². The molecule has 11 heteroatoms. The predicted octanol–water partition coefficient (Wildman–Crippen LogP) is 4.23. The van der Waals surface area contributed by atoms with E-state index >= 15 is 0 Å². The van der Waals surface area contributed by atoms with Gasteiger partial charge in [0.2, 0.25) is 0 Å². The van der Waals surface area contributed by atoms with Gasteiger partial charge in [-0.05, 0) is 43.7 Å². The monoisotopic (exact) mass is 488 g/mol.